The van der Waals surface area contributed by atoms with Gasteiger partial charge in [-0.05, 0) is 45.1 Å². The lowest BCUT2D eigenvalue weighted by Gasteiger charge is -2.18. The Morgan fingerprint density at radius 3 is 2.63 bits per heavy atom. The van der Waals surface area contributed by atoms with Crippen LogP contribution in [0.3, 0.4) is 0 Å². The molecule has 6 nitrogen and oxygen atoms in total. The molecule has 0 fully saturated rings. The maximum absolute atomic E-state index is 13.3. The van der Waals surface area contributed by atoms with Gasteiger partial charge in [0.2, 0.25) is 11.1 Å². The van der Waals surface area contributed by atoms with Gasteiger partial charge in [0.15, 0.2) is 0 Å². The van der Waals surface area contributed by atoms with Gasteiger partial charge in [-0.15, -0.1) is 16.4 Å². The molecule has 0 aliphatic heterocycles. The number of thioether (sulfide) groups is 1. The van der Waals surface area contributed by atoms with Crippen LogP contribution in [0.1, 0.15) is 22.0 Å². The first-order valence-corrected chi connectivity index (χ1v) is 11.1. The molecule has 1 N–H and O–H groups in total. The van der Waals surface area contributed by atoms with E-state index in [2.05, 4.69) is 20.8 Å². The van der Waals surface area contributed by atoms with E-state index in [4.69, 9.17) is 0 Å². The van der Waals surface area contributed by atoms with Crippen LogP contribution in [-0.2, 0) is 11.3 Å². The van der Waals surface area contributed by atoms with E-state index < -0.39 is 0 Å². The van der Waals surface area contributed by atoms with Crippen molar-refractivity contribution < 1.29 is 9.18 Å². The summed E-state index contributed by atoms with van der Waals surface area (Å²) in [5, 5.41) is 17.3. The van der Waals surface area contributed by atoms with E-state index in [1.807, 2.05) is 47.8 Å². The molecule has 2 aromatic heterocycles. The smallest absolute Gasteiger partial charge is 0.231 e. The molecule has 152 valence electrons. The second kappa shape index (κ2) is 9.64. The summed E-state index contributed by atoms with van der Waals surface area (Å²) in [6.45, 7) is 0.533. The number of tetrazole rings is 1. The summed E-state index contributed by atoms with van der Waals surface area (Å²) in [5.74, 6) is -0.300. The maximum Gasteiger partial charge on any atom is 0.231 e. The molecule has 0 aliphatic rings. The monoisotopic (exact) mass is 439 g/mol. The molecule has 2 aromatic carbocycles. The number of nitrogens with one attached hydrogen (secondary N) is 1. The fourth-order valence-electron chi connectivity index (χ4n) is 2.92. The van der Waals surface area contributed by atoms with Crippen molar-refractivity contribution in [2.24, 2.45) is 0 Å². The number of thiophene rings is 1. The second-order valence-corrected chi connectivity index (χ2v) is 8.38. The summed E-state index contributed by atoms with van der Waals surface area (Å²) in [7, 11) is 0. The number of amides is 1. The Morgan fingerprint density at radius 1 is 1.10 bits per heavy atom. The van der Waals surface area contributed by atoms with Crippen LogP contribution in [0, 0.1) is 5.82 Å². The van der Waals surface area contributed by atoms with Crippen LogP contribution in [0.15, 0.2) is 77.3 Å². The first kappa shape index (κ1) is 20.2. The summed E-state index contributed by atoms with van der Waals surface area (Å²) in [5.41, 5.74) is 1.90. The molecular formula is C21H18FN5OS2. The van der Waals surface area contributed by atoms with Gasteiger partial charge in [0, 0.05) is 4.88 Å². The summed E-state index contributed by atoms with van der Waals surface area (Å²) < 4.78 is 15.0. The maximum atomic E-state index is 13.3. The van der Waals surface area contributed by atoms with Crippen molar-refractivity contribution in [3.63, 3.8) is 0 Å². The van der Waals surface area contributed by atoms with Gasteiger partial charge in [-0.1, -0.05) is 60.3 Å². The van der Waals surface area contributed by atoms with Crippen molar-refractivity contribution >= 4 is 29.0 Å². The third-order valence-corrected chi connectivity index (χ3v) is 6.24. The molecule has 0 spiro atoms. The second-order valence-electron chi connectivity index (χ2n) is 6.46. The van der Waals surface area contributed by atoms with Crippen molar-refractivity contribution in [1.29, 1.82) is 0 Å². The molecule has 2 heterocycles. The number of rotatable bonds is 8. The van der Waals surface area contributed by atoms with Gasteiger partial charge in [0.25, 0.3) is 0 Å². The minimum atomic E-state index is -0.334. The van der Waals surface area contributed by atoms with Crippen molar-refractivity contribution in [2.45, 2.75) is 17.7 Å². The lowest BCUT2D eigenvalue weighted by molar-refractivity contribution is -0.119. The van der Waals surface area contributed by atoms with Gasteiger partial charge in [-0.25, -0.2) is 9.07 Å². The highest BCUT2D eigenvalue weighted by Crippen LogP contribution is 2.26. The average Bonchev–Trinajstić information content (AvgIpc) is 3.44. The van der Waals surface area contributed by atoms with Crippen LogP contribution in [0.25, 0.3) is 0 Å². The Morgan fingerprint density at radius 2 is 1.90 bits per heavy atom. The SMILES string of the molecule is O=C(CSc1nnnn1Cc1ccccc1)NC(c1ccc(F)cc1)c1cccs1. The summed E-state index contributed by atoms with van der Waals surface area (Å²) in [6, 6.07) is 19.6. The van der Waals surface area contributed by atoms with E-state index in [1.54, 1.807) is 16.8 Å². The first-order chi connectivity index (χ1) is 14.7. The number of hydrogen-bond donors (Lipinski definition) is 1. The molecule has 9 heteroatoms. The van der Waals surface area contributed by atoms with E-state index in [0.717, 1.165) is 16.0 Å². The quantitative estimate of drug-likeness (QED) is 0.421. The van der Waals surface area contributed by atoms with Gasteiger partial charge in [0.05, 0.1) is 18.3 Å². The predicted octanol–water partition coefficient (Wildman–Crippen LogP) is 3.92. The number of aromatic nitrogens is 4. The average molecular weight is 440 g/mol. The van der Waals surface area contributed by atoms with E-state index in [9.17, 15) is 9.18 Å². The first-order valence-electron chi connectivity index (χ1n) is 9.20. The zero-order valence-electron chi connectivity index (χ0n) is 15.8. The molecule has 0 saturated carbocycles. The highest BCUT2D eigenvalue weighted by Gasteiger charge is 2.19. The predicted molar refractivity (Wildman–Crippen MR) is 115 cm³/mol. The highest BCUT2D eigenvalue weighted by atomic mass is 32.2. The van der Waals surface area contributed by atoms with Gasteiger partial charge in [0.1, 0.15) is 5.82 Å². The number of carbonyl (C=O) groups is 1. The van der Waals surface area contributed by atoms with Crippen LogP contribution in [0.5, 0.6) is 0 Å². The fourth-order valence-corrected chi connectivity index (χ4v) is 4.41. The summed E-state index contributed by atoms with van der Waals surface area (Å²) in [6.07, 6.45) is 0. The molecule has 0 bridgehead atoms. The molecule has 1 atom stereocenters. The molecule has 30 heavy (non-hydrogen) atoms. The van der Waals surface area contributed by atoms with Gasteiger partial charge < -0.3 is 5.32 Å². The van der Waals surface area contributed by atoms with Crippen LogP contribution in [0.4, 0.5) is 4.39 Å². The molecule has 0 saturated heterocycles. The van der Waals surface area contributed by atoms with Gasteiger partial charge in [-0.2, -0.15) is 0 Å². The van der Waals surface area contributed by atoms with E-state index in [0.29, 0.717) is 11.7 Å². The van der Waals surface area contributed by atoms with Crippen LogP contribution >= 0.6 is 23.1 Å². The standard InChI is InChI=1S/C21H18FN5OS2/c22-17-10-8-16(9-11-17)20(18-7-4-12-29-18)23-19(28)14-30-21-24-25-26-27(21)13-15-5-2-1-3-6-15/h1-12,20H,13-14H2,(H,23,28). The number of carbonyl (C=O) groups excluding carboxylic acids is 1. The van der Waals surface area contributed by atoms with Crippen molar-refractivity contribution in [3.05, 3.63) is 93.9 Å². The number of nitrogens with zero attached hydrogens (tertiary/aromatic N) is 4. The third kappa shape index (κ3) is 5.11. The lowest BCUT2D eigenvalue weighted by atomic mass is 10.1. The summed E-state index contributed by atoms with van der Waals surface area (Å²) >= 11 is 2.82. The molecule has 4 rings (SSSR count). The largest absolute Gasteiger partial charge is 0.344 e. The highest BCUT2D eigenvalue weighted by molar-refractivity contribution is 7.99. The zero-order chi connectivity index (χ0) is 20.8. The minimum Gasteiger partial charge on any atom is -0.344 e. The third-order valence-electron chi connectivity index (χ3n) is 4.34. The summed E-state index contributed by atoms with van der Waals surface area (Å²) in [4.78, 5) is 13.7. The van der Waals surface area contributed by atoms with E-state index >= 15 is 0 Å². The Kier molecular flexibility index (Phi) is 6.50. The molecule has 1 amide bonds. The number of benzene rings is 2. The molecule has 0 radical (unpaired) electrons. The van der Waals surface area contributed by atoms with Crippen LogP contribution < -0.4 is 5.32 Å². The number of halogens is 1. The number of hydrogen-bond acceptors (Lipinski definition) is 6. The Balaban J connectivity index is 1.41. The Labute approximate surface area is 181 Å². The van der Waals surface area contributed by atoms with Crippen LogP contribution in [-0.4, -0.2) is 31.9 Å². The van der Waals surface area contributed by atoms with Crippen molar-refractivity contribution in [3.8, 4) is 0 Å². The normalized spacial score (nSPS) is 11.9. The molecule has 4 aromatic rings. The van der Waals surface area contributed by atoms with E-state index in [1.165, 1.54) is 35.2 Å². The Bertz CT molecular complexity index is 1080. The van der Waals surface area contributed by atoms with Gasteiger partial charge in [-0.3, -0.25) is 4.79 Å². The topological polar surface area (TPSA) is 72.7 Å². The molecular weight excluding hydrogens is 421 g/mol. The lowest BCUT2D eigenvalue weighted by Crippen LogP contribution is -2.30. The fraction of sp³-hybridized carbons (Fsp3) is 0.143. The van der Waals surface area contributed by atoms with Crippen molar-refractivity contribution in [2.75, 3.05) is 5.75 Å². The molecule has 0 aliphatic carbocycles. The minimum absolute atomic E-state index is 0.156. The zero-order valence-corrected chi connectivity index (χ0v) is 17.4. The molecule has 1 unspecified atom stereocenters. The van der Waals surface area contributed by atoms with E-state index in [-0.39, 0.29) is 23.5 Å². The van der Waals surface area contributed by atoms with Crippen molar-refractivity contribution in [1.82, 2.24) is 25.5 Å². The van der Waals surface area contributed by atoms with Gasteiger partial charge >= 0.3 is 0 Å². The Hall–Kier alpha value is -3.04. The van der Waals surface area contributed by atoms with Crippen LogP contribution in [0.2, 0.25) is 0 Å².